The second-order valence-electron chi connectivity index (χ2n) is 6.03. The number of nitrogens with zero attached hydrogens (tertiary/aromatic N) is 2. The van der Waals surface area contributed by atoms with E-state index in [-0.39, 0.29) is 0 Å². The largest absolute Gasteiger partial charge is 0.310 e. The summed E-state index contributed by atoms with van der Waals surface area (Å²) >= 11 is 0. The molecule has 3 nitrogen and oxygen atoms in total. The maximum Gasteiger partial charge on any atom is 0.0540 e. The molecule has 1 aromatic heterocycles. The quantitative estimate of drug-likeness (QED) is 0.879. The van der Waals surface area contributed by atoms with Gasteiger partial charge in [-0.2, -0.15) is 5.10 Å². The molecule has 1 unspecified atom stereocenters. The van der Waals surface area contributed by atoms with Crippen LogP contribution in [0.3, 0.4) is 0 Å². The van der Waals surface area contributed by atoms with E-state index < -0.39 is 0 Å². The van der Waals surface area contributed by atoms with Crippen molar-refractivity contribution in [3.05, 3.63) is 17.5 Å². The third kappa shape index (κ3) is 3.19. The van der Waals surface area contributed by atoms with Gasteiger partial charge in [0.05, 0.1) is 6.20 Å². The van der Waals surface area contributed by atoms with Gasteiger partial charge < -0.3 is 5.32 Å². The first-order valence-electron chi connectivity index (χ1n) is 7.89. The van der Waals surface area contributed by atoms with Gasteiger partial charge in [0.15, 0.2) is 0 Å². The van der Waals surface area contributed by atoms with Gasteiger partial charge in [0, 0.05) is 24.3 Å². The summed E-state index contributed by atoms with van der Waals surface area (Å²) < 4.78 is 2.00. The fourth-order valence-electron chi connectivity index (χ4n) is 3.50. The van der Waals surface area contributed by atoms with Crippen molar-refractivity contribution in [3.8, 4) is 0 Å². The molecule has 1 aliphatic carbocycles. The molecule has 1 aliphatic rings. The second-order valence-corrected chi connectivity index (χ2v) is 6.03. The highest BCUT2D eigenvalue weighted by Gasteiger charge is 2.29. The topological polar surface area (TPSA) is 29.9 Å². The fourth-order valence-corrected chi connectivity index (χ4v) is 3.50. The molecule has 108 valence electrons. The molecule has 19 heavy (non-hydrogen) atoms. The van der Waals surface area contributed by atoms with Crippen molar-refractivity contribution in [1.29, 1.82) is 0 Å². The van der Waals surface area contributed by atoms with Crippen molar-refractivity contribution in [3.63, 3.8) is 0 Å². The van der Waals surface area contributed by atoms with E-state index in [4.69, 9.17) is 0 Å². The van der Waals surface area contributed by atoms with E-state index in [9.17, 15) is 0 Å². The van der Waals surface area contributed by atoms with Crippen LogP contribution in [0.5, 0.6) is 0 Å². The Labute approximate surface area is 117 Å². The summed E-state index contributed by atoms with van der Waals surface area (Å²) in [4.78, 5) is 0. The molecule has 1 fully saturated rings. The van der Waals surface area contributed by atoms with Crippen molar-refractivity contribution >= 4 is 0 Å². The Balaban J connectivity index is 2.10. The average Bonchev–Trinajstić information content (AvgIpc) is 2.77. The van der Waals surface area contributed by atoms with Crippen molar-refractivity contribution in [1.82, 2.24) is 15.1 Å². The Kier molecular flexibility index (Phi) is 5.03. The van der Waals surface area contributed by atoms with Crippen LogP contribution in [-0.4, -0.2) is 16.3 Å². The summed E-state index contributed by atoms with van der Waals surface area (Å²) in [5.74, 6) is 1.75. The van der Waals surface area contributed by atoms with Crippen LogP contribution in [-0.2, 0) is 7.05 Å². The summed E-state index contributed by atoms with van der Waals surface area (Å²) in [5.41, 5.74) is 2.72. The second kappa shape index (κ2) is 6.56. The molecule has 0 bridgehead atoms. The van der Waals surface area contributed by atoms with E-state index in [0.717, 1.165) is 18.4 Å². The number of aryl methyl sites for hydroxylation is 1. The first-order chi connectivity index (χ1) is 9.17. The lowest BCUT2D eigenvalue weighted by Gasteiger charge is -2.34. The van der Waals surface area contributed by atoms with E-state index in [0.29, 0.717) is 6.04 Å². The predicted molar refractivity (Wildman–Crippen MR) is 80.1 cm³/mol. The molecular formula is C16H29N3. The Hall–Kier alpha value is -0.830. The maximum atomic E-state index is 4.42. The lowest BCUT2D eigenvalue weighted by Crippen LogP contribution is -2.31. The van der Waals surface area contributed by atoms with E-state index >= 15 is 0 Å². The number of rotatable bonds is 5. The zero-order valence-electron chi connectivity index (χ0n) is 12.9. The molecule has 1 heterocycles. The number of nitrogens with one attached hydrogen (secondary N) is 1. The lowest BCUT2D eigenvalue weighted by molar-refractivity contribution is 0.219. The summed E-state index contributed by atoms with van der Waals surface area (Å²) in [6.07, 6.45) is 8.96. The van der Waals surface area contributed by atoms with Crippen molar-refractivity contribution < 1.29 is 0 Å². The summed E-state index contributed by atoms with van der Waals surface area (Å²) in [5, 5.41) is 8.12. The molecule has 0 radical (unpaired) electrons. The summed E-state index contributed by atoms with van der Waals surface area (Å²) in [6.45, 7) is 7.76. The van der Waals surface area contributed by atoms with Gasteiger partial charge in [0.2, 0.25) is 0 Å². The molecule has 1 atom stereocenters. The predicted octanol–water partition coefficient (Wildman–Crippen LogP) is 3.60. The molecule has 0 aromatic carbocycles. The van der Waals surface area contributed by atoms with Crippen LogP contribution in [0.1, 0.15) is 63.3 Å². The molecule has 3 heteroatoms. The molecule has 1 N–H and O–H groups in total. The van der Waals surface area contributed by atoms with Crippen LogP contribution in [0.2, 0.25) is 0 Å². The monoisotopic (exact) mass is 263 g/mol. The van der Waals surface area contributed by atoms with Crippen molar-refractivity contribution in [2.45, 2.75) is 58.9 Å². The average molecular weight is 263 g/mol. The molecule has 1 saturated carbocycles. The SMILES string of the molecule is CCNC(c1cnn(C)c1C)C1CCC(CC)CC1. The smallest absolute Gasteiger partial charge is 0.0540 e. The molecule has 0 aliphatic heterocycles. The first kappa shape index (κ1) is 14.6. The Bertz CT molecular complexity index is 389. The summed E-state index contributed by atoms with van der Waals surface area (Å²) in [7, 11) is 2.04. The van der Waals surface area contributed by atoms with Crippen LogP contribution < -0.4 is 5.32 Å². The maximum absolute atomic E-state index is 4.42. The minimum Gasteiger partial charge on any atom is -0.310 e. The zero-order valence-corrected chi connectivity index (χ0v) is 12.9. The highest BCUT2D eigenvalue weighted by atomic mass is 15.3. The normalized spacial score (nSPS) is 25.5. The van der Waals surface area contributed by atoms with Gasteiger partial charge in [0.25, 0.3) is 0 Å². The molecule has 0 amide bonds. The zero-order chi connectivity index (χ0) is 13.8. The Morgan fingerprint density at radius 3 is 2.47 bits per heavy atom. The Morgan fingerprint density at radius 1 is 1.32 bits per heavy atom. The van der Waals surface area contributed by atoms with Crippen LogP contribution in [0, 0.1) is 18.8 Å². The van der Waals surface area contributed by atoms with Gasteiger partial charge in [0.1, 0.15) is 0 Å². The molecular weight excluding hydrogens is 234 g/mol. The van der Waals surface area contributed by atoms with Crippen molar-refractivity contribution in [2.75, 3.05) is 6.54 Å². The Morgan fingerprint density at radius 2 is 2.00 bits per heavy atom. The van der Waals surface area contributed by atoms with Gasteiger partial charge in [-0.15, -0.1) is 0 Å². The van der Waals surface area contributed by atoms with Crippen LogP contribution in [0.25, 0.3) is 0 Å². The lowest BCUT2D eigenvalue weighted by atomic mass is 9.76. The van der Waals surface area contributed by atoms with Gasteiger partial charge in [-0.25, -0.2) is 0 Å². The van der Waals surface area contributed by atoms with E-state index in [1.807, 2.05) is 11.7 Å². The van der Waals surface area contributed by atoms with Gasteiger partial charge >= 0.3 is 0 Å². The van der Waals surface area contributed by atoms with E-state index in [1.54, 1.807) is 0 Å². The molecule has 2 rings (SSSR count). The van der Waals surface area contributed by atoms with E-state index in [1.165, 1.54) is 43.4 Å². The minimum absolute atomic E-state index is 0.497. The summed E-state index contributed by atoms with van der Waals surface area (Å²) in [6, 6.07) is 0.497. The van der Waals surface area contributed by atoms with Gasteiger partial charge in [-0.1, -0.05) is 33.1 Å². The van der Waals surface area contributed by atoms with E-state index in [2.05, 4.69) is 37.4 Å². The molecule has 1 aromatic rings. The van der Waals surface area contributed by atoms with Crippen LogP contribution in [0.15, 0.2) is 6.20 Å². The third-order valence-corrected chi connectivity index (χ3v) is 4.97. The minimum atomic E-state index is 0.497. The van der Waals surface area contributed by atoms with Crippen LogP contribution >= 0.6 is 0 Å². The molecule has 0 saturated heterocycles. The number of hydrogen-bond acceptors (Lipinski definition) is 2. The van der Waals surface area contributed by atoms with Crippen molar-refractivity contribution in [2.24, 2.45) is 18.9 Å². The third-order valence-electron chi connectivity index (χ3n) is 4.97. The number of hydrogen-bond donors (Lipinski definition) is 1. The standard InChI is InChI=1S/C16H29N3/c1-5-13-7-9-14(10-8-13)16(17-6-2)15-11-18-19(4)12(15)3/h11,13-14,16-17H,5-10H2,1-4H3. The fraction of sp³-hybridized carbons (Fsp3) is 0.812. The highest BCUT2D eigenvalue weighted by Crippen LogP contribution is 2.38. The van der Waals surface area contributed by atoms with Crippen LogP contribution in [0.4, 0.5) is 0 Å². The molecule has 0 spiro atoms. The highest BCUT2D eigenvalue weighted by molar-refractivity contribution is 5.21. The number of aromatic nitrogens is 2. The van der Waals surface area contributed by atoms with Gasteiger partial charge in [-0.3, -0.25) is 4.68 Å². The van der Waals surface area contributed by atoms with Gasteiger partial charge in [-0.05, 0) is 38.1 Å². The first-order valence-corrected chi connectivity index (χ1v) is 7.89.